The molecule has 4 rings (SSSR count). The molecule has 1 N–H and O–H groups in total. The Kier molecular flexibility index (Phi) is 8.35. The second-order valence-electron chi connectivity index (χ2n) is 8.14. The highest BCUT2D eigenvalue weighted by Gasteiger charge is 2.47. The van der Waals surface area contributed by atoms with Gasteiger partial charge in [0.25, 0.3) is 5.91 Å². The summed E-state index contributed by atoms with van der Waals surface area (Å²) in [5, 5.41) is 2.72. The van der Waals surface area contributed by atoms with Gasteiger partial charge in [-0.2, -0.15) is 0 Å². The molecular weight excluding hydrogens is 394 g/mol. The standard InChI is InChI=1S/C14H19NO2.C10H16N2O2/c1-4-7-9-12-11(8-5-2)10-13(17-12)14(16)15-6-3;13-10(11-1-3-14-4-2-11)12-6-8-5-9(8)7-12/h5,7-10H,4,6H2,1-3H3,(H,15,16);8-9H,1-7H2/b8-5-,9-7+;. The van der Waals surface area contributed by atoms with Crippen LogP contribution in [0.3, 0.4) is 0 Å². The zero-order chi connectivity index (χ0) is 22.2. The lowest BCUT2D eigenvalue weighted by Gasteiger charge is -2.31. The number of urea groups is 1. The van der Waals surface area contributed by atoms with Crippen LogP contribution >= 0.6 is 0 Å². The lowest BCUT2D eigenvalue weighted by atomic mass is 10.2. The Bertz CT molecular complexity index is 794. The van der Waals surface area contributed by atoms with Crippen molar-refractivity contribution < 1.29 is 18.7 Å². The second-order valence-corrected chi connectivity index (χ2v) is 8.14. The highest BCUT2D eigenvalue weighted by Crippen LogP contribution is 2.45. The van der Waals surface area contributed by atoms with Crippen LogP contribution in [0.15, 0.2) is 22.6 Å². The third kappa shape index (κ3) is 6.23. The third-order valence-electron chi connectivity index (χ3n) is 5.73. The molecule has 1 aliphatic carbocycles. The molecule has 0 bridgehead atoms. The molecular formula is C24H35N3O4. The Balaban J connectivity index is 0.000000178. The predicted octanol–water partition coefficient (Wildman–Crippen LogP) is 3.88. The first kappa shape index (κ1) is 23.1. The molecule has 3 fully saturated rings. The van der Waals surface area contributed by atoms with E-state index in [0.717, 1.165) is 55.8 Å². The summed E-state index contributed by atoms with van der Waals surface area (Å²) in [6.07, 6.45) is 10.1. The van der Waals surface area contributed by atoms with Crippen molar-refractivity contribution in [3.8, 4) is 0 Å². The van der Waals surface area contributed by atoms with Crippen LogP contribution in [0.4, 0.5) is 4.79 Å². The van der Waals surface area contributed by atoms with Crippen molar-refractivity contribution in [2.45, 2.75) is 33.6 Å². The molecule has 31 heavy (non-hydrogen) atoms. The first-order valence-corrected chi connectivity index (χ1v) is 11.4. The molecule has 2 saturated heterocycles. The highest BCUT2D eigenvalue weighted by molar-refractivity contribution is 5.92. The molecule has 7 heteroatoms. The van der Waals surface area contributed by atoms with Gasteiger partial charge in [0.15, 0.2) is 5.76 Å². The molecule has 0 radical (unpaired) electrons. The molecule has 2 aliphatic heterocycles. The van der Waals surface area contributed by atoms with Gasteiger partial charge in [-0.05, 0) is 50.7 Å². The van der Waals surface area contributed by atoms with Gasteiger partial charge in [-0.15, -0.1) is 0 Å². The Morgan fingerprint density at radius 1 is 1.13 bits per heavy atom. The number of hydrogen-bond donors (Lipinski definition) is 1. The van der Waals surface area contributed by atoms with E-state index in [4.69, 9.17) is 9.15 Å². The van der Waals surface area contributed by atoms with Crippen molar-refractivity contribution in [3.05, 3.63) is 35.3 Å². The number of rotatable bonds is 5. The molecule has 2 atom stereocenters. The lowest BCUT2D eigenvalue weighted by Crippen LogP contribution is -2.47. The average Bonchev–Trinajstić information content (AvgIpc) is 3.20. The van der Waals surface area contributed by atoms with Crippen molar-refractivity contribution in [1.82, 2.24) is 15.1 Å². The maximum atomic E-state index is 12.0. The number of nitrogens with one attached hydrogen (secondary N) is 1. The van der Waals surface area contributed by atoms with Crippen molar-refractivity contribution in [2.24, 2.45) is 11.8 Å². The van der Waals surface area contributed by atoms with Crippen molar-refractivity contribution in [2.75, 3.05) is 45.9 Å². The average molecular weight is 430 g/mol. The SMILES string of the molecule is C/C=C\c1cc(C(=O)NCC)oc1/C=C/CC.O=C(N1CCOCC1)N1CC2CC2C1. The maximum absolute atomic E-state index is 12.0. The number of allylic oxidation sites excluding steroid dienone is 2. The molecule has 3 heterocycles. The Morgan fingerprint density at radius 3 is 2.45 bits per heavy atom. The molecule has 2 unspecified atom stereocenters. The number of fused-ring (bicyclic) bond motifs is 1. The molecule has 1 aromatic heterocycles. The number of ether oxygens (including phenoxy) is 1. The number of hydrogen-bond acceptors (Lipinski definition) is 4. The van der Waals surface area contributed by atoms with E-state index in [1.807, 2.05) is 48.0 Å². The summed E-state index contributed by atoms with van der Waals surface area (Å²) < 4.78 is 10.8. The smallest absolute Gasteiger partial charge is 0.320 e. The van der Waals surface area contributed by atoms with E-state index in [1.165, 1.54) is 6.42 Å². The zero-order valence-electron chi connectivity index (χ0n) is 18.9. The minimum atomic E-state index is -0.172. The summed E-state index contributed by atoms with van der Waals surface area (Å²) in [4.78, 5) is 27.5. The first-order chi connectivity index (χ1) is 15.1. The maximum Gasteiger partial charge on any atom is 0.320 e. The fraction of sp³-hybridized carbons (Fsp3) is 0.583. The highest BCUT2D eigenvalue weighted by atomic mass is 16.5. The van der Waals surface area contributed by atoms with Crippen molar-refractivity contribution in [3.63, 3.8) is 0 Å². The van der Waals surface area contributed by atoms with Crippen LogP contribution < -0.4 is 5.32 Å². The number of piperidine rings is 1. The van der Waals surface area contributed by atoms with Gasteiger partial charge in [0, 0.05) is 38.3 Å². The number of likely N-dealkylation sites (tertiary alicyclic amines) is 1. The predicted molar refractivity (Wildman–Crippen MR) is 122 cm³/mol. The first-order valence-electron chi connectivity index (χ1n) is 11.4. The van der Waals surface area contributed by atoms with Crippen LogP contribution in [0.5, 0.6) is 0 Å². The summed E-state index contributed by atoms with van der Waals surface area (Å²) in [7, 11) is 0. The summed E-state index contributed by atoms with van der Waals surface area (Å²) in [6, 6.07) is 2.00. The monoisotopic (exact) mass is 429 g/mol. The van der Waals surface area contributed by atoms with Crippen molar-refractivity contribution in [1.29, 1.82) is 0 Å². The van der Waals surface area contributed by atoms with Gasteiger partial charge < -0.3 is 24.3 Å². The number of furan rings is 1. The van der Waals surface area contributed by atoms with Gasteiger partial charge in [-0.3, -0.25) is 4.79 Å². The van der Waals surface area contributed by atoms with E-state index in [1.54, 1.807) is 6.07 Å². The Hall–Kier alpha value is -2.54. The van der Waals surface area contributed by atoms with E-state index in [0.29, 0.717) is 25.5 Å². The minimum absolute atomic E-state index is 0.172. The lowest BCUT2D eigenvalue weighted by molar-refractivity contribution is 0.0443. The van der Waals surface area contributed by atoms with Crippen LogP contribution in [0.1, 0.15) is 55.5 Å². The minimum Gasteiger partial charge on any atom is -0.451 e. The van der Waals surface area contributed by atoms with Gasteiger partial charge in [0.1, 0.15) is 5.76 Å². The molecule has 0 aromatic carbocycles. The van der Waals surface area contributed by atoms with E-state index >= 15 is 0 Å². The molecule has 1 saturated carbocycles. The van der Waals surface area contributed by atoms with E-state index in [-0.39, 0.29) is 11.9 Å². The van der Waals surface area contributed by atoms with E-state index < -0.39 is 0 Å². The fourth-order valence-corrected chi connectivity index (χ4v) is 3.95. The largest absolute Gasteiger partial charge is 0.451 e. The molecule has 1 aromatic rings. The molecule has 7 nitrogen and oxygen atoms in total. The van der Waals surface area contributed by atoms with Gasteiger partial charge in [-0.25, -0.2) is 4.79 Å². The van der Waals surface area contributed by atoms with Gasteiger partial charge >= 0.3 is 6.03 Å². The van der Waals surface area contributed by atoms with Gasteiger partial charge in [0.2, 0.25) is 0 Å². The Morgan fingerprint density at radius 2 is 1.84 bits per heavy atom. The number of carbonyl (C=O) groups excluding carboxylic acids is 2. The summed E-state index contributed by atoms with van der Waals surface area (Å²) in [5.74, 6) is 2.58. The van der Waals surface area contributed by atoms with Gasteiger partial charge in [-0.1, -0.05) is 25.2 Å². The van der Waals surface area contributed by atoms with Crippen LogP contribution in [0, 0.1) is 11.8 Å². The molecule has 0 spiro atoms. The van der Waals surface area contributed by atoms with E-state index in [9.17, 15) is 9.59 Å². The third-order valence-corrected chi connectivity index (χ3v) is 5.73. The molecule has 3 amide bonds. The van der Waals surface area contributed by atoms with E-state index in [2.05, 4.69) is 12.2 Å². The quantitative estimate of drug-likeness (QED) is 0.771. The summed E-state index contributed by atoms with van der Waals surface area (Å²) in [6.45, 7) is 11.4. The number of nitrogens with zero attached hydrogens (tertiary/aromatic N) is 2. The van der Waals surface area contributed by atoms with Crippen LogP contribution in [-0.2, 0) is 4.74 Å². The molecule has 3 aliphatic rings. The normalized spacial score (nSPS) is 22.4. The number of morpholine rings is 1. The van der Waals surface area contributed by atoms with Crippen molar-refractivity contribution >= 4 is 24.1 Å². The summed E-state index contributed by atoms with van der Waals surface area (Å²) >= 11 is 0. The topological polar surface area (TPSA) is 75.0 Å². The number of carbonyl (C=O) groups is 2. The van der Waals surface area contributed by atoms with Crippen LogP contribution in [0.2, 0.25) is 0 Å². The second kappa shape index (κ2) is 11.2. The van der Waals surface area contributed by atoms with Crippen LogP contribution in [0.25, 0.3) is 12.2 Å². The summed E-state index contributed by atoms with van der Waals surface area (Å²) in [5.41, 5.74) is 0.929. The molecule has 170 valence electrons. The van der Waals surface area contributed by atoms with Crippen LogP contribution in [-0.4, -0.2) is 67.7 Å². The zero-order valence-corrected chi connectivity index (χ0v) is 18.9. The number of amides is 3. The fourth-order valence-electron chi connectivity index (χ4n) is 3.95. The van der Waals surface area contributed by atoms with Gasteiger partial charge in [0.05, 0.1) is 13.2 Å². The Labute approximate surface area is 185 Å².